The summed E-state index contributed by atoms with van der Waals surface area (Å²) >= 11 is 1.64. The zero-order valence-electron chi connectivity index (χ0n) is 10.4. The first-order valence-electron chi connectivity index (χ1n) is 5.34. The number of aryl methyl sites for hydroxylation is 2. The maximum Gasteiger partial charge on any atom is 0.349 e. The predicted molar refractivity (Wildman–Crippen MR) is 68.6 cm³/mol. The first kappa shape index (κ1) is 13.5. The summed E-state index contributed by atoms with van der Waals surface area (Å²) in [6.07, 6.45) is 1.37. The predicted octanol–water partition coefficient (Wildman–Crippen LogP) is 3.22. The van der Waals surface area contributed by atoms with Crippen molar-refractivity contribution < 1.29 is 9.53 Å². The first-order valence-corrected chi connectivity index (χ1v) is 6.15. The monoisotopic (exact) mass is 249 g/mol. The molecule has 90 valence electrons. The van der Waals surface area contributed by atoms with Gasteiger partial charge in [-0.1, -0.05) is 0 Å². The van der Waals surface area contributed by atoms with E-state index in [0.717, 1.165) is 15.3 Å². The molecule has 0 spiro atoms. The first-order chi connectivity index (χ1) is 7.93. The van der Waals surface area contributed by atoms with E-state index in [1.807, 2.05) is 26.0 Å². The molecule has 0 bridgehead atoms. The molecule has 0 radical (unpaired) electrons. The zero-order chi connectivity index (χ0) is 13.0. The van der Waals surface area contributed by atoms with Crippen LogP contribution in [0.2, 0.25) is 0 Å². The fraction of sp³-hybridized carbons (Fsp3) is 0.385. The second-order valence-corrected chi connectivity index (χ2v) is 5.45. The van der Waals surface area contributed by atoms with Crippen molar-refractivity contribution in [2.45, 2.75) is 33.8 Å². The Morgan fingerprint density at radius 3 is 2.59 bits per heavy atom. The Bertz CT molecular complexity index is 492. The lowest BCUT2D eigenvalue weighted by molar-refractivity contribution is -0.142. The molecular weight excluding hydrogens is 234 g/mol. The van der Waals surface area contributed by atoms with Gasteiger partial charge in [0.05, 0.1) is 6.10 Å². The van der Waals surface area contributed by atoms with Crippen LogP contribution in [-0.4, -0.2) is 12.1 Å². The van der Waals surface area contributed by atoms with Crippen molar-refractivity contribution in [2.75, 3.05) is 0 Å². The van der Waals surface area contributed by atoms with E-state index in [2.05, 4.69) is 0 Å². The van der Waals surface area contributed by atoms with Crippen molar-refractivity contribution >= 4 is 23.4 Å². The van der Waals surface area contributed by atoms with E-state index in [-0.39, 0.29) is 11.7 Å². The van der Waals surface area contributed by atoms with Crippen LogP contribution in [0.5, 0.6) is 0 Å². The van der Waals surface area contributed by atoms with E-state index in [1.165, 1.54) is 0 Å². The molecule has 0 aliphatic carbocycles. The van der Waals surface area contributed by atoms with E-state index >= 15 is 0 Å². The van der Waals surface area contributed by atoms with Gasteiger partial charge in [-0.2, -0.15) is 5.26 Å². The van der Waals surface area contributed by atoms with Crippen molar-refractivity contribution in [1.82, 2.24) is 0 Å². The smallest absolute Gasteiger partial charge is 0.349 e. The van der Waals surface area contributed by atoms with Gasteiger partial charge >= 0.3 is 5.97 Å². The van der Waals surface area contributed by atoms with E-state index in [0.29, 0.717) is 0 Å². The summed E-state index contributed by atoms with van der Waals surface area (Å²) in [5.41, 5.74) is 0.948. The van der Waals surface area contributed by atoms with Gasteiger partial charge in [-0.15, -0.1) is 11.3 Å². The lowest BCUT2D eigenvalue weighted by atomic mass is 10.1. The topological polar surface area (TPSA) is 50.1 Å². The van der Waals surface area contributed by atoms with Gasteiger partial charge in [-0.3, -0.25) is 0 Å². The maximum atomic E-state index is 11.6. The fourth-order valence-electron chi connectivity index (χ4n) is 1.36. The van der Waals surface area contributed by atoms with Gasteiger partial charge in [0.2, 0.25) is 0 Å². The molecule has 1 aromatic heterocycles. The minimum atomic E-state index is -0.564. The van der Waals surface area contributed by atoms with Gasteiger partial charge in [-0.25, -0.2) is 4.79 Å². The molecule has 0 N–H and O–H groups in total. The van der Waals surface area contributed by atoms with Crippen molar-refractivity contribution in [3.63, 3.8) is 0 Å². The molecule has 1 heterocycles. The molecule has 1 aromatic rings. The summed E-state index contributed by atoms with van der Waals surface area (Å²) < 4.78 is 5.00. The molecule has 0 unspecified atom stereocenters. The van der Waals surface area contributed by atoms with Crippen LogP contribution in [0, 0.1) is 25.2 Å². The molecule has 0 saturated heterocycles. The van der Waals surface area contributed by atoms with Gasteiger partial charge in [0.25, 0.3) is 0 Å². The Morgan fingerprint density at radius 1 is 1.53 bits per heavy atom. The molecule has 4 heteroatoms. The van der Waals surface area contributed by atoms with Gasteiger partial charge in [0, 0.05) is 9.75 Å². The quantitative estimate of drug-likeness (QED) is 0.469. The largest absolute Gasteiger partial charge is 0.459 e. The molecule has 3 nitrogen and oxygen atoms in total. The zero-order valence-corrected chi connectivity index (χ0v) is 11.2. The molecule has 0 aromatic carbocycles. The second-order valence-electron chi connectivity index (χ2n) is 3.99. The average Bonchev–Trinajstić information content (AvgIpc) is 2.52. The standard InChI is InChI=1S/C13H15NO2S/c1-8(2)16-13(15)12(7-14)6-11-5-9(3)17-10(11)4/h5-6,8H,1-4H3. The van der Waals surface area contributed by atoms with E-state index in [9.17, 15) is 4.79 Å². The van der Waals surface area contributed by atoms with Crippen LogP contribution in [0.25, 0.3) is 6.08 Å². The molecule has 0 saturated carbocycles. The van der Waals surface area contributed by atoms with Gasteiger partial charge in [-0.05, 0) is 45.4 Å². The average molecular weight is 249 g/mol. The normalized spacial score (nSPS) is 11.4. The number of hydrogen-bond acceptors (Lipinski definition) is 4. The molecule has 0 aliphatic heterocycles. The third kappa shape index (κ3) is 3.72. The van der Waals surface area contributed by atoms with Crippen LogP contribution in [0.4, 0.5) is 0 Å². The van der Waals surface area contributed by atoms with Crippen LogP contribution in [0.1, 0.15) is 29.2 Å². The van der Waals surface area contributed by atoms with Gasteiger partial charge in [0.1, 0.15) is 11.6 Å². The number of carbonyl (C=O) groups excluding carboxylic acids is 1. The number of thiophene rings is 1. The Hall–Kier alpha value is -1.60. The Morgan fingerprint density at radius 2 is 2.18 bits per heavy atom. The molecule has 0 fully saturated rings. The summed E-state index contributed by atoms with van der Waals surface area (Å²) in [6.45, 7) is 7.47. The SMILES string of the molecule is Cc1cc(C=C(C#N)C(=O)OC(C)C)c(C)s1. The lowest BCUT2D eigenvalue weighted by Gasteiger charge is -2.06. The highest BCUT2D eigenvalue weighted by Crippen LogP contribution is 2.23. The van der Waals surface area contributed by atoms with Crippen LogP contribution in [-0.2, 0) is 9.53 Å². The number of ether oxygens (including phenoxy) is 1. The van der Waals surface area contributed by atoms with Gasteiger partial charge in [0.15, 0.2) is 0 Å². The molecule has 17 heavy (non-hydrogen) atoms. The van der Waals surface area contributed by atoms with Gasteiger partial charge < -0.3 is 4.74 Å². The van der Waals surface area contributed by atoms with Crippen molar-refractivity contribution in [2.24, 2.45) is 0 Å². The minimum Gasteiger partial charge on any atom is -0.459 e. The number of hydrogen-bond donors (Lipinski definition) is 0. The summed E-state index contributed by atoms with van der Waals surface area (Å²) in [5, 5.41) is 8.95. The Labute approximate surface area is 105 Å². The molecular formula is C13H15NO2S. The Balaban J connectivity index is 2.99. The third-order valence-corrected chi connectivity index (χ3v) is 3.04. The lowest BCUT2D eigenvalue weighted by Crippen LogP contribution is -2.12. The van der Waals surface area contributed by atoms with Crippen LogP contribution in [0.3, 0.4) is 0 Å². The molecule has 0 aliphatic rings. The highest BCUT2D eigenvalue weighted by molar-refractivity contribution is 7.12. The summed E-state index contributed by atoms with van der Waals surface area (Å²) in [6, 6.07) is 3.84. The van der Waals surface area contributed by atoms with Crippen LogP contribution in [0.15, 0.2) is 11.6 Å². The number of nitriles is 1. The van der Waals surface area contributed by atoms with Crippen molar-refractivity contribution in [3.05, 3.63) is 27.0 Å². The van der Waals surface area contributed by atoms with E-state index < -0.39 is 5.97 Å². The van der Waals surface area contributed by atoms with E-state index in [1.54, 1.807) is 31.3 Å². The summed E-state index contributed by atoms with van der Waals surface area (Å²) in [5.74, 6) is -0.564. The molecule has 1 rings (SSSR count). The highest BCUT2D eigenvalue weighted by atomic mass is 32.1. The summed E-state index contributed by atoms with van der Waals surface area (Å²) in [7, 11) is 0. The summed E-state index contributed by atoms with van der Waals surface area (Å²) in [4.78, 5) is 13.8. The van der Waals surface area contributed by atoms with Crippen molar-refractivity contribution in [3.8, 4) is 6.07 Å². The minimum absolute atomic E-state index is 0.0413. The maximum absolute atomic E-state index is 11.6. The van der Waals surface area contributed by atoms with Crippen LogP contribution < -0.4 is 0 Å². The Kier molecular flexibility index (Phi) is 4.47. The molecule has 0 amide bonds. The molecule has 0 atom stereocenters. The highest BCUT2D eigenvalue weighted by Gasteiger charge is 2.13. The van der Waals surface area contributed by atoms with Crippen LogP contribution >= 0.6 is 11.3 Å². The third-order valence-electron chi connectivity index (χ3n) is 2.06. The number of rotatable bonds is 3. The number of esters is 1. The number of carbonyl (C=O) groups is 1. The van der Waals surface area contributed by atoms with E-state index in [4.69, 9.17) is 10.00 Å². The van der Waals surface area contributed by atoms with Crippen molar-refractivity contribution in [1.29, 1.82) is 5.26 Å². The second kappa shape index (κ2) is 5.65. The fourth-order valence-corrected chi connectivity index (χ4v) is 2.27. The number of nitrogens with zero attached hydrogens (tertiary/aromatic N) is 1.